The fourth-order valence-corrected chi connectivity index (χ4v) is 3.30. The van der Waals surface area contributed by atoms with Gasteiger partial charge in [-0.2, -0.15) is 0 Å². The lowest BCUT2D eigenvalue weighted by Gasteiger charge is -2.20. The monoisotopic (exact) mass is 325 g/mol. The van der Waals surface area contributed by atoms with Crippen LogP contribution in [0.15, 0.2) is 57.7 Å². The predicted molar refractivity (Wildman–Crippen MR) is 87.9 cm³/mol. The lowest BCUT2D eigenvalue weighted by atomic mass is 9.99. The Labute approximate surface area is 136 Å². The van der Waals surface area contributed by atoms with Gasteiger partial charge < -0.3 is 9.32 Å². The van der Waals surface area contributed by atoms with E-state index in [0.29, 0.717) is 21.6 Å². The molecule has 0 fully saturated rings. The second-order valence-electron chi connectivity index (χ2n) is 5.54. The molecule has 0 saturated carbocycles. The Morgan fingerprint density at radius 2 is 1.87 bits per heavy atom. The number of amides is 1. The highest BCUT2D eigenvalue weighted by molar-refractivity contribution is 6.30. The first-order chi connectivity index (χ1) is 11.1. The molecule has 2 heterocycles. The summed E-state index contributed by atoms with van der Waals surface area (Å²) in [5.41, 5.74) is 1.41. The SMILES string of the molecule is CN1C(=O)c2oc3ccccc3c(=O)c2[C@@H]1c1cccc(Cl)c1. The Morgan fingerprint density at radius 1 is 1.09 bits per heavy atom. The number of halogens is 1. The molecule has 3 aromatic rings. The molecule has 5 heteroatoms. The number of fused-ring (bicyclic) bond motifs is 2. The molecule has 0 saturated heterocycles. The summed E-state index contributed by atoms with van der Waals surface area (Å²) in [6, 6.07) is 13.6. The van der Waals surface area contributed by atoms with Crippen LogP contribution in [0.25, 0.3) is 11.0 Å². The Bertz CT molecular complexity index is 1010. The van der Waals surface area contributed by atoms with E-state index in [1.54, 1.807) is 49.5 Å². The van der Waals surface area contributed by atoms with Crippen molar-refractivity contribution in [3.63, 3.8) is 0 Å². The number of carbonyl (C=O) groups is 1. The van der Waals surface area contributed by atoms with Gasteiger partial charge in [-0.1, -0.05) is 35.9 Å². The fourth-order valence-electron chi connectivity index (χ4n) is 3.10. The van der Waals surface area contributed by atoms with Gasteiger partial charge in [-0.25, -0.2) is 0 Å². The number of benzene rings is 2. The quantitative estimate of drug-likeness (QED) is 0.686. The van der Waals surface area contributed by atoms with E-state index in [2.05, 4.69) is 0 Å². The molecule has 0 aliphatic carbocycles. The number of nitrogens with zero attached hydrogens (tertiary/aromatic N) is 1. The van der Waals surface area contributed by atoms with E-state index in [1.807, 2.05) is 6.07 Å². The highest BCUT2D eigenvalue weighted by Gasteiger charge is 2.40. The summed E-state index contributed by atoms with van der Waals surface area (Å²) in [6.07, 6.45) is 0. The van der Waals surface area contributed by atoms with Gasteiger partial charge in [-0.15, -0.1) is 0 Å². The molecule has 114 valence electrons. The van der Waals surface area contributed by atoms with Crippen molar-refractivity contribution in [3.05, 3.63) is 80.7 Å². The van der Waals surface area contributed by atoms with Gasteiger partial charge in [-0.05, 0) is 29.8 Å². The number of hydrogen-bond acceptors (Lipinski definition) is 3. The molecular weight excluding hydrogens is 314 g/mol. The molecule has 0 unspecified atom stereocenters. The van der Waals surface area contributed by atoms with E-state index < -0.39 is 6.04 Å². The Balaban J connectivity index is 2.05. The molecule has 1 atom stereocenters. The Morgan fingerprint density at radius 3 is 2.65 bits per heavy atom. The minimum Gasteiger partial charge on any atom is -0.450 e. The zero-order valence-electron chi connectivity index (χ0n) is 12.2. The minimum absolute atomic E-state index is 0.112. The summed E-state index contributed by atoms with van der Waals surface area (Å²) >= 11 is 6.06. The van der Waals surface area contributed by atoms with Crippen molar-refractivity contribution in [2.75, 3.05) is 7.05 Å². The summed E-state index contributed by atoms with van der Waals surface area (Å²) in [6.45, 7) is 0. The van der Waals surface area contributed by atoms with Crippen LogP contribution >= 0.6 is 11.6 Å². The molecule has 4 nitrogen and oxygen atoms in total. The van der Waals surface area contributed by atoms with E-state index in [0.717, 1.165) is 5.56 Å². The van der Waals surface area contributed by atoms with Gasteiger partial charge in [0.25, 0.3) is 5.91 Å². The fraction of sp³-hybridized carbons (Fsp3) is 0.111. The van der Waals surface area contributed by atoms with Gasteiger partial charge in [0.1, 0.15) is 5.58 Å². The van der Waals surface area contributed by atoms with Gasteiger partial charge >= 0.3 is 0 Å². The number of para-hydroxylation sites is 1. The Kier molecular flexibility index (Phi) is 3.03. The molecule has 1 aliphatic rings. The number of hydrogen-bond donors (Lipinski definition) is 0. The summed E-state index contributed by atoms with van der Waals surface area (Å²) < 4.78 is 5.73. The highest BCUT2D eigenvalue weighted by atomic mass is 35.5. The molecule has 1 amide bonds. The third-order valence-corrected chi connectivity index (χ3v) is 4.41. The van der Waals surface area contributed by atoms with Crippen LogP contribution in [0.2, 0.25) is 5.02 Å². The second kappa shape index (κ2) is 4.96. The van der Waals surface area contributed by atoms with Gasteiger partial charge in [0, 0.05) is 12.1 Å². The predicted octanol–water partition coefficient (Wildman–Crippen LogP) is 3.62. The molecule has 0 spiro atoms. The first-order valence-electron chi connectivity index (χ1n) is 7.16. The smallest absolute Gasteiger partial charge is 0.290 e. The van der Waals surface area contributed by atoms with E-state index >= 15 is 0 Å². The van der Waals surface area contributed by atoms with Gasteiger partial charge in [-0.3, -0.25) is 9.59 Å². The van der Waals surface area contributed by atoms with E-state index in [9.17, 15) is 9.59 Å². The van der Waals surface area contributed by atoms with Crippen LogP contribution in [0.1, 0.15) is 27.7 Å². The van der Waals surface area contributed by atoms with Crippen LogP contribution < -0.4 is 5.43 Å². The largest absolute Gasteiger partial charge is 0.450 e. The standard InChI is InChI=1S/C18H12ClNO3/c1-20-15(10-5-4-6-11(19)9-10)14-16(21)12-7-2-3-8-13(12)23-17(14)18(20)22/h2-9,15H,1H3/t15-/m0/s1. The van der Waals surface area contributed by atoms with Crippen LogP contribution in [-0.4, -0.2) is 17.9 Å². The van der Waals surface area contributed by atoms with Crippen molar-refractivity contribution in [3.8, 4) is 0 Å². The summed E-state index contributed by atoms with van der Waals surface area (Å²) in [4.78, 5) is 26.9. The zero-order chi connectivity index (χ0) is 16.1. The maximum atomic E-state index is 12.9. The van der Waals surface area contributed by atoms with E-state index in [4.69, 9.17) is 16.0 Å². The molecule has 0 N–H and O–H groups in total. The molecule has 0 radical (unpaired) electrons. The van der Waals surface area contributed by atoms with E-state index in [1.165, 1.54) is 4.90 Å². The highest BCUT2D eigenvalue weighted by Crippen LogP contribution is 2.37. The molecule has 0 bridgehead atoms. The molecule has 2 aromatic carbocycles. The topological polar surface area (TPSA) is 50.5 Å². The van der Waals surface area contributed by atoms with Crippen LogP contribution in [0.4, 0.5) is 0 Å². The second-order valence-corrected chi connectivity index (χ2v) is 5.98. The third kappa shape index (κ3) is 1.99. The summed E-state index contributed by atoms with van der Waals surface area (Å²) in [5, 5.41) is 1.03. The summed E-state index contributed by atoms with van der Waals surface area (Å²) in [5.74, 6) is -0.186. The van der Waals surface area contributed by atoms with Crippen LogP contribution in [-0.2, 0) is 0 Å². The van der Waals surface area contributed by atoms with Crippen molar-refractivity contribution >= 4 is 28.5 Å². The molecule has 4 rings (SSSR count). The first-order valence-corrected chi connectivity index (χ1v) is 7.54. The van der Waals surface area contributed by atoms with Crippen molar-refractivity contribution in [1.29, 1.82) is 0 Å². The molecule has 1 aliphatic heterocycles. The normalized spacial score (nSPS) is 16.9. The van der Waals surface area contributed by atoms with Gasteiger partial charge in [0.15, 0.2) is 5.43 Å². The lowest BCUT2D eigenvalue weighted by Crippen LogP contribution is -2.25. The van der Waals surface area contributed by atoms with Crippen molar-refractivity contribution in [2.24, 2.45) is 0 Å². The van der Waals surface area contributed by atoms with Crippen molar-refractivity contribution in [1.82, 2.24) is 4.90 Å². The van der Waals surface area contributed by atoms with Gasteiger partial charge in [0.2, 0.25) is 5.76 Å². The first kappa shape index (κ1) is 14.0. The maximum absolute atomic E-state index is 12.9. The number of carbonyl (C=O) groups excluding carboxylic acids is 1. The van der Waals surface area contributed by atoms with Crippen LogP contribution in [0, 0.1) is 0 Å². The summed E-state index contributed by atoms with van der Waals surface area (Å²) in [7, 11) is 1.66. The van der Waals surface area contributed by atoms with Gasteiger partial charge in [0.05, 0.1) is 17.0 Å². The van der Waals surface area contributed by atoms with Crippen molar-refractivity contribution < 1.29 is 9.21 Å². The maximum Gasteiger partial charge on any atom is 0.290 e. The van der Waals surface area contributed by atoms with Crippen LogP contribution in [0.3, 0.4) is 0 Å². The molecular formula is C18H12ClNO3. The Hall–Kier alpha value is -2.59. The molecule has 23 heavy (non-hydrogen) atoms. The zero-order valence-corrected chi connectivity index (χ0v) is 13.0. The van der Waals surface area contributed by atoms with Crippen LogP contribution in [0.5, 0.6) is 0 Å². The van der Waals surface area contributed by atoms with Crippen molar-refractivity contribution in [2.45, 2.75) is 6.04 Å². The lowest BCUT2D eigenvalue weighted by molar-refractivity contribution is 0.0771. The average Bonchev–Trinajstić information content (AvgIpc) is 2.80. The number of rotatable bonds is 1. The van der Waals surface area contributed by atoms with E-state index in [-0.39, 0.29) is 17.1 Å². The minimum atomic E-state index is -0.489. The average molecular weight is 326 g/mol. The molecule has 1 aromatic heterocycles. The third-order valence-electron chi connectivity index (χ3n) is 4.17.